The summed E-state index contributed by atoms with van der Waals surface area (Å²) in [7, 11) is -2.18. The number of sulfonamides is 1. The number of hydrogen-bond acceptors (Lipinski definition) is 6. The number of ether oxygens (including phenoxy) is 1. The van der Waals surface area contributed by atoms with Crippen LogP contribution in [-0.4, -0.2) is 25.8 Å². The van der Waals surface area contributed by atoms with Crippen molar-refractivity contribution < 1.29 is 17.7 Å². The van der Waals surface area contributed by atoms with Gasteiger partial charge in [-0.2, -0.15) is 0 Å². The van der Waals surface area contributed by atoms with Gasteiger partial charge in [0.25, 0.3) is 10.0 Å². The molecule has 1 heterocycles. The first-order chi connectivity index (χ1) is 13.4. The van der Waals surface area contributed by atoms with E-state index in [-0.39, 0.29) is 10.7 Å². The van der Waals surface area contributed by atoms with Crippen molar-refractivity contribution in [1.29, 1.82) is 0 Å². The Kier molecular flexibility index (Phi) is 5.81. The summed E-state index contributed by atoms with van der Waals surface area (Å²) < 4.78 is 37.1. The van der Waals surface area contributed by atoms with Crippen LogP contribution >= 0.6 is 12.2 Å². The van der Waals surface area contributed by atoms with Crippen molar-refractivity contribution >= 4 is 44.5 Å². The van der Waals surface area contributed by atoms with Crippen molar-refractivity contribution in [1.82, 2.24) is 5.16 Å². The third kappa shape index (κ3) is 4.99. The van der Waals surface area contributed by atoms with E-state index < -0.39 is 10.0 Å². The molecule has 8 nitrogen and oxygen atoms in total. The van der Waals surface area contributed by atoms with Gasteiger partial charge >= 0.3 is 0 Å². The Labute approximate surface area is 167 Å². The third-order valence-corrected chi connectivity index (χ3v) is 5.19. The van der Waals surface area contributed by atoms with Crippen molar-refractivity contribution in [3.8, 4) is 5.75 Å². The molecule has 0 atom stereocenters. The fourth-order valence-corrected chi connectivity index (χ4v) is 3.54. The van der Waals surface area contributed by atoms with Crippen LogP contribution < -0.4 is 20.1 Å². The van der Waals surface area contributed by atoms with Gasteiger partial charge in [-0.25, -0.2) is 8.42 Å². The maximum Gasteiger partial charge on any atom is 0.263 e. The quantitative estimate of drug-likeness (QED) is 0.522. The number of rotatable bonds is 6. The number of thiocarbonyl (C=S) groups is 1. The first kappa shape index (κ1) is 19.6. The average molecular weight is 419 g/mol. The number of nitrogens with zero attached hydrogens (tertiary/aromatic N) is 1. The van der Waals surface area contributed by atoms with Gasteiger partial charge in [0.2, 0.25) is 0 Å². The molecule has 3 aromatic rings. The van der Waals surface area contributed by atoms with E-state index in [1.54, 1.807) is 32.2 Å². The molecule has 3 N–H and O–H groups in total. The Hall–Kier alpha value is -3.11. The van der Waals surface area contributed by atoms with E-state index in [1.165, 1.54) is 18.2 Å². The Balaban J connectivity index is 1.64. The highest BCUT2D eigenvalue weighted by atomic mass is 32.2. The minimum absolute atomic E-state index is 0.0883. The topological polar surface area (TPSA) is 105 Å². The number of benzene rings is 2. The lowest BCUT2D eigenvalue weighted by molar-refractivity contribution is 0.400. The molecule has 0 aliphatic heterocycles. The van der Waals surface area contributed by atoms with Crippen LogP contribution in [0.15, 0.2) is 64.0 Å². The van der Waals surface area contributed by atoms with Crippen LogP contribution in [0.5, 0.6) is 5.75 Å². The summed E-state index contributed by atoms with van der Waals surface area (Å²) in [6, 6.07) is 15.0. The molecule has 1 aromatic heterocycles. The minimum Gasteiger partial charge on any atom is -0.497 e. The molecule has 28 heavy (non-hydrogen) atoms. The van der Waals surface area contributed by atoms with E-state index in [0.29, 0.717) is 22.3 Å². The summed E-state index contributed by atoms with van der Waals surface area (Å²) in [5, 5.41) is 10.0. The van der Waals surface area contributed by atoms with Gasteiger partial charge in [-0.15, -0.1) is 0 Å². The van der Waals surface area contributed by atoms with Crippen molar-refractivity contribution in [2.45, 2.75) is 11.8 Å². The van der Waals surface area contributed by atoms with Gasteiger partial charge in [-0.1, -0.05) is 11.2 Å². The standard InChI is InChI=1S/C18H18N4O4S2/c1-12-10-17(21-26-12)22-28(23,24)16-8-6-13(7-9-16)19-18(27)20-14-4-3-5-15(11-14)25-2/h3-11H,1-2H3,(H,21,22)(H2,19,20,27). The molecule has 0 aliphatic carbocycles. The lowest BCUT2D eigenvalue weighted by Crippen LogP contribution is -2.19. The summed E-state index contributed by atoms with van der Waals surface area (Å²) in [6.07, 6.45) is 0. The largest absolute Gasteiger partial charge is 0.497 e. The molecule has 0 bridgehead atoms. The van der Waals surface area contributed by atoms with Crippen LogP contribution in [0.4, 0.5) is 17.2 Å². The molecule has 0 spiro atoms. The van der Waals surface area contributed by atoms with Crippen molar-refractivity contribution in [3.63, 3.8) is 0 Å². The van der Waals surface area contributed by atoms with Gasteiger partial charge in [0.05, 0.1) is 12.0 Å². The van der Waals surface area contributed by atoms with E-state index in [1.807, 2.05) is 18.2 Å². The molecule has 0 fully saturated rings. The van der Waals surface area contributed by atoms with Crippen LogP contribution in [0.25, 0.3) is 0 Å². The maximum absolute atomic E-state index is 12.4. The van der Waals surface area contributed by atoms with Crippen LogP contribution in [0, 0.1) is 6.92 Å². The molecule has 3 rings (SSSR count). The summed E-state index contributed by atoms with van der Waals surface area (Å²) >= 11 is 5.28. The number of hydrogen-bond donors (Lipinski definition) is 3. The Bertz CT molecular complexity index is 1080. The van der Waals surface area contributed by atoms with Crippen LogP contribution in [0.2, 0.25) is 0 Å². The summed E-state index contributed by atoms with van der Waals surface area (Å²) in [5.74, 6) is 1.34. The second kappa shape index (κ2) is 8.28. The normalized spacial score (nSPS) is 10.9. The van der Waals surface area contributed by atoms with Gasteiger partial charge < -0.3 is 19.9 Å². The van der Waals surface area contributed by atoms with E-state index in [4.69, 9.17) is 21.5 Å². The molecule has 0 aliphatic rings. The zero-order valence-electron chi connectivity index (χ0n) is 15.1. The van der Waals surface area contributed by atoms with E-state index >= 15 is 0 Å². The monoisotopic (exact) mass is 418 g/mol. The lowest BCUT2D eigenvalue weighted by atomic mass is 10.3. The van der Waals surface area contributed by atoms with Gasteiger partial charge in [0.15, 0.2) is 10.9 Å². The number of anilines is 3. The first-order valence-electron chi connectivity index (χ1n) is 8.14. The Morgan fingerprint density at radius 1 is 1.07 bits per heavy atom. The minimum atomic E-state index is -3.76. The molecular weight excluding hydrogens is 400 g/mol. The van der Waals surface area contributed by atoms with Crippen LogP contribution in [0.3, 0.4) is 0 Å². The second-order valence-electron chi connectivity index (χ2n) is 5.76. The predicted octanol–water partition coefficient (Wildman–Crippen LogP) is 3.60. The highest BCUT2D eigenvalue weighted by Gasteiger charge is 2.16. The van der Waals surface area contributed by atoms with Gasteiger partial charge in [0, 0.05) is 23.5 Å². The highest BCUT2D eigenvalue weighted by Crippen LogP contribution is 2.19. The summed E-state index contributed by atoms with van der Waals surface area (Å²) in [4.78, 5) is 0.0883. The summed E-state index contributed by atoms with van der Waals surface area (Å²) in [6.45, 7) is 1.67. The SMILES string of the molecule is COc1cccc(NC(=S)Nc2ccc(S(=O)(=O)Nc3cc(C)on3)cc2)c1. The van der Waals surface area contributed by atoms with E-state index in [9.17, 15) is 8.42 Å². The van der Waals surface area contributed by atoms with Crippen LogP contribution in [0.1, 0.15) is 5.76 Å². The molecule has 0 saturated heterocycles. The van der Waals surface area contributed by atoms with Gasteiger partial charge in [0.1, 0.15) is 11.5 Å². The summed E-state index contributed by atoms with van der Waals surface area (Å²) in [5.41, 5.74) is 1.40. The third-order valence-electron chi connectivity index (χ3n) is 3.62. The number of aromatic nitrogens is 1. The fourth-order valence-electron chi connectivity index (χ4n) is 2.32. The maximum atomic E-state index is 12.4. The molecular formula is C18H18N4O4S2. The molecule has 146 valence electrons. The Morgan fingerprint density at radius 2 is 1.79 bits per heavy atom. The van der Waals surface area contributed by atoms with Gasteiger partial charge in [-0.05, 0) is 55.5 Å². The van der Waals surface area contributed by atoms with E-state index in [2.05, 4.69) is 20.5 Å². The lowest BCUT2D eigenvalue weighted by Gasteiger charge is -2.12. The van der Waals surface area contributed by atoms with Crippen LogP contribution in [-0.2, 0) is 10.0 Å². The van der Waals surface area contributed by atoms with Gasteiger partial charge in [-0.3, -0.25) is 4.72 Å². The molecule has 0 amide bonds. The molecule has 0 radical (unpaired) electrons. The number of nitrogens with one attached hydrogen (secondary N) is 3. The number of methoxy groups -OCH3 is 1. The molecule has 0 unspecified atom stereocenters. The molecule has 10 heteroatoms. The second-order valence-corrected chi connectivity index (χ2v) is 7.85. The highest BCUT2D eigenvalue weighted by molar-refractivity contribution is 7.92. The smallest absolute Gasteiger partial charge is 0.263 e. The molecule has 0 saturated carbocycles. The first-order valence-corrected chi connectivity index (χ1v) is 10.0. The number of aryl methyl sites for hydroxylation is 1. The predicted molar refractivity (Wildman–Crippen MR) is 111 cm³/mol. The fraction of sp³-hybridized carbons (Fsp3) is 0.111. The zero-order valence-corrected chi connectivity index (χ0v) is 16.7. The zero-order chi connectivity index (χ0) is 20.1. The van der Waals surface area contributed by atoms with Crippen molar-refractivity contribution in [2.75, 3.05) is 22.5 Å². The Morgan fingerprint density at radius 3 is 2.43 bits per heavy atom. The van der Waals surface area contributed by atoms with Crippen molar-refractivity contribution in [2.24, 2.45) is 0 Å². The average Bonchev–Trinajstić information content (AvgIpc) is 3.06. The van der Waals surface area contributed by atoms with Crippen molar-refractivity contribution in [3.05, 3.63) is 60.4 Å². The molecule has 2 aromatic carbocycles. The van der Waals surface area contributed by atoms with E-state index in [0.717, 1.165) is 5.69 Å².